The van der Waals surface area contributed by atoms with Crippen molar-refractivity contribution in [2.45, 2.75) is 56.8 Å². The van der Waals surface area contributed by atoms with Crippen LogP contribution in [0.3, 0.4) is 0 Å². The van der Waals surface area contributed by atoms with Gasteiger partial charge in [0.05, 0.1) is 11.6 Å². The Bertz CT molecular complexity index is 858. The summed E-state index contributed by atoms with van der Waals surface area (Å²) in [4.78, 5) is 15.2. The second kappa shape index (κ2) is 7.77. The minimum atomic E-state index is -0.945. The largest absolute Gasteiger partial charge is 0.438 e. The van der Waals surface area contributed by atoms with Gasteiger partial charge in [0.1, 0.15) is 5.60 Å². The maximum atomic E-state index is 13.3. The van der Waals surface area contributed by atoms with Crippen LogP contribution >= 0.6 is 15.9 Å². The lowest BCUT2D eigenvalue weighted by molar-refractivity contribution is -0.103. The second-order valence-electron chi connectivity index (χ2n) is 8.99. The molecule has 29 heavy (non-hydrogen) atoms. The number of benzene rings is 2. The zero-order chi connectivity index (χ0) is 20.6. The number of hydrogen-bond acceptors (Lipinski definition) is 3. The Morgan fingerprint density at radius 2 is 1.83 bits per heavy atom. The molecule has 2 fully saturated rings. The van der Waals surface area contributed by atoms with Gasteiger partial charge >= 0.3 is 6.09 Å². The lowest BCUT2D eigenvalue weighted by Gasteiger charge is -2.46. The third kappa shape index (κ3) is 4.51. The number of hydrogen-bond donors (Lipinski definition) is 1. The highest BCUT2D eigenvalue weighted by atomic mass is 79.9. The third-order valence-corrected chi connectivity index (χ3v) is 6.44. The van der Waals surface area contributed by atoms with Gasteiger partial charge in [0.15, 0.2) is 0 Å². The summed E-state index contributed by atoms with van der Waals surface area (Å²) in [5.41, 5.74) is 0.352. The Morgan fingerprint density at radius 1 is 1.17 bits per heavy atom. The molecule has 4 nitrogen and oxygen atoms in total. The Labute approximate surface area is 181 Å². The quantitative estimate of drug-likeness (QED) is 0.596. The van der Waals surface area contributed by atoms with Gasteiger partial charge in [0.2, 0.25) is 0 Å². The molecule has 2 aliphatic rings. The van der Waals surface area contributed by atoms with E-state index >= 15 is 0 Å². The van der Waals surface area contributed by atoms with Crippen molar-refractivity contribution >= 4 is 22.0 Å². The van der Waals surface area contributed by atoms with Gasteiger partial charge in [-0.3, -0.25) is 0 Å². The molecule has 0 radical (unpaired) electrons. The fourth-order valence-corrected chi connectivity index (χ4v) is 4.84. The number of halogens is 1. The summed E-state index contributed by atoms with van der Waals surface area (Å²) < 4.78 is 7.20. The summed E-state index contributed by atoms with van der Waals surface area (Å²) >= 11 is 3.49. The van der Waals surface area contributed by atoms with Crippen LogP contribution in [0.4, 0.5) is 4.79 Å². The molecule has 2 atom stereocenters. The predicted molar refractivity (Wildman–Crippen MR) is 116 cm³/mol. The Kier molecular flexibility index (Phi) is 5.47. The average Bonchev–Trinajstić information content (AvgIpc) is 3.50. The summed E-state index contributed by atoms with van der Waals surface area (Å²) in [5, 5.41) is 10.6. The van der Waals surface area contributed by atoms with E-state index < -0.39 is 11.2 Å². The van der Waals surface area contributed by atoms with Crippen molar-refractivity contribution in [2.75, 3.05) is 6.54 Å². The van der Waals surface area contributed by atoms with Crippen LogP contribution in [0.5, 0.6) is 0 Å². The van der Waals surface area contributed by atoms with Crippen LogP contribution in [0, 0.1) is 5.92 Å². The normalized spacial score (nSPS) is 23.6. The number of carbonyl (C=O) groups excluding carboxylic acids is 1. The van der Waals surface area contributed by atoms with Gasteiger partial charge in [-0.05, 0) is 55.9 Å². The molecule has 2 aromatic rings. The highest BCUT2D eigenvalue weighted by molar-refractivity contribution is 9.10. The molecule has 0 bridgehead atoms. The van der Waals surface area contributed by atoms with Crippen LogP contribution in [0.1, 0.15) is 56.7 Å². The SMILES string of the molecule is CC(C)(O)CC1(c2ccccc2)CCN(C(c2ccc(Br)cc2)C2CC2)C(=O)O1. The van der Waals surface area contributed by atoms with E-state index in [9.17, 15) is 9.90 Å². The number of aliphatic hydroxyl groups is 1. The van der Waals surface area contributed by atoms with Gasteiger partial charge in [-0.15, -0.1) is 0 Å². The first kappa shape index (κ1) is 20.4. The molecule has 2 unspecified atom stereocenters. The number of rotatable bonds is 6. The van der Waals surface area contributed by atoms with Gasteiger partial charge in [-0.2, -0.15) is 0 Å². The summed E-state index contributed by atoms with van der Waals surface area (Å²) in [6.45, 7) is 4.15. The number of amides is 1. The highest BCUT2D eigenvalue weighted by Gasteiger charge is 2.49. The summed E-state index contributed by atoms with van der Waals surface area (Å²) in [6, 6.07) is 18.1. The van der Waals surface area contributed by atoms with Crippen molar-refractivity contribution in [3.05, 3.63) is 70.2 Å². The fraction of sp³-hybridized carbons (Fsp3) is 0.458. The zero-order valence-electron chi connectivity index (χ0n) is 17.0. The zero-order valence-corrected chi connectivity index (χ0v) is 18.6. The molecule has 1 N–H and O–H groups in total. The first-order valence-corrected chi connectivity index (χ1v) is 11.1. The third-order valence-electron chi connectivity index (χ3n) is 5.91. The number of nitrogens with zero attached hydrogens (tertiary/aromatic N) is 1. The van der Waals surface area contributed by atoms with Crippen molar-refractivity contribution in [2.24, 2.45) is 5.92 Å². The second-order valence-corrected chi connectivity index (χ2v) is 9.91. The maximum Gasteiger partial charge on any atom is 0.411 e. The van der Waals surface area contributed by atoms with Gasteiger partial charge in [-0.1, -0.05) is 58.4 Å². The topological polar surface area (TPSA) is 49.8 Å². The van der Waals surface area contributed by atoms with E-state index in [1.54, 1.807) is 13.8 Å². The molecule has 1 aliphatic carbocycles. The standard InChI is InChI=1S/C24H28BrNO3/c1-23(2,28)16-24(19-6-4-3-5-7-19)14-15-26(22(27)29-24)21(17-8-9-17)18-10-12-20(25)13-11-18/h3-7,10-13,17,21,28H,8-9,14-16H2,1-2H3. The minimum absolute atomic E-state index is 0.0477. The van der Waals surface area contributed by atoms with Crippen LogP contribution < -0.4 is 0 Å². The summed E-state index contributed by atoms with van der Waals surface area (Å²) in [7, 11) is 0. The van der Waals surface area contributed by atoms with Crippen LogP contribution in [0.15, 0.2) is 59.1 Å². The molecule has 1 saturated heterocycles. The van der Waals surface area contributed by atoms with Crippen molar-refractivity contribution in [3.8, 4) is 0 Å². The van der Waals surface area contributed by atoms with Crippen molar-refractivity contribution in [3.63, 3.8) is 0 Å². The number of ether oxygens (including phenoxy) is 1. The first-order valence-electron chi connectivity index (χ1n) is 10.3. The number of cyclic esters (lactones) is 1. The molecule has 1 aliphatic heterocycles. The number of carbonyl (C=O) groups is 1. The van der Waals surface area contributed by atoms with E-state index in [1.807, 2.05) is 47.4 Å². The van der Waals surface area contributed by atoms with Crippen molar-refractivity contribution in [1.29, 1.82) is 0 Å². The van der Waals surface area contributed by atoms with Gasteiger partial charge < -0.3 is 14.7 Å². The lowest BCUT2D eigenvalue weighted by atomic mass is 9.80. The highest BCUT2D eigenvalue weighted by Crippen LogP contribution is 2.48. The molecule has 5 heteroatoms. The Morgan fingerprint density at radius 3 is 2.38 bits per heavy atom. The van der Waals surface area contributed by atoms with E-state index in [0.717, 1.165) is 28.4 Å². The van der Waals surface area contributed by atoms with E-state index in [0.29, 0.717) is 25.3 Å². The molecule has 0 aromatic heterocycles. The average molecular weight is 458 g/mol. The van der Waals surface area contributed by atoms with Crippen molar-refractivity contribution in [1.82, 2.24) is 4.90 Å². The van der Waals surface area contributed by atoms with Crippen LogP contribution in [0.2, 0.25) is 0 Å². The first-order chi connectivity index (χ1) is 13.8. The maximum absolute atomic E-state index is 13.3. The Hall–Kier alpha value is -1.85. The van der Waals surface area contributed by atoms with Gasteiger partial charge in [-0.25, -0.2) is 4.79 Å². The smallest absolute Gasteiger partial charge is 0.411 e. The molecule has 1 amide bonds. The molecule has 0 spiro atoms. The van der Waals surface area contributed by atoms with E-state index in [4.69, 9.17) is 4.74 Å². The molecule has 1 saturated carbocycles. The minimum Gasteiger partial charge on any atom is -0.438 e. The van der Waals surface area contributed by atoms with Crippen LogP contribution in [-0.2, 0) is 10.3 Å². The van der Waals surface area contributed by atoms with Gasteiger partial charge in [0, 0.05) is 23.9 Å². The molecule has 1 heterocycles. The van der Waals surface area contributed by atoms with Gasteiger partial charge in [0.25, 0.3) is 0 Å². The molecular formula is C24H28BrNO3. The van der Waals surface area contributed by atoms with E-state index in [-0.39, 0.29) is 12.1 Å². The molecule has 2 aromatic carbocycles. The van der Waals surface area contributed by atoms with E-state index in [1.165, 1.54) is 0 Å². The summed E-state index contributed by atoms with van der Waals surface area (Å²) in [5.74, 6) is 0.488. The molecule has 4 rings (SSSR count). The van der Waals surface area contributed by atoms with Crippen molar-refractivity contribution < 1.29 is 14.6 Å². The Balaban J connectivity index is 1.62. The van der Waals surface area contributed by atoms with E-state index in [2.05, 4.69) is 28.1 Å². The van der Waals surface area contributed by atoms with Crippen LogP contribution in [0.25, 0.3) is 0 Å². The lowest BCUT2D eigenvalue weighted by Crippen LogP contribution is -2.51. The van der Waals surface area contributed by atoms with Crippen LogP contribution in [-0.4, -0.2) is 28.2 Å². The fourth-order valence-electron chi connectivity index (χ4n) is 4.57. The predicted octanol–water partition coefficient (Wildman–Crippen LogP) is 5.80. The monoisotopic (exact) mass is 457 g/mol. The summed E-state index contributed by atoms with van der Waals surface area (Å²) in [6.07, 6.45) is 3.02. The molecule has 154 valence electrons. The molecular weight excluding hydrogens is 430 g/mol.